The summed E-state index contributed by atoms with van der Waals surface area (Å²) in [5, 5.41) is 4.43. The Kier molecular flexibility index (Phi) is 6.99. The van der Waals surface area contributed by atoms with E-state index in [1.165, 1.54) is 0 Å². The molecule has 4 nitrogen and oxygen atoms in total. The third-order valence-electron chi connectivity index (χ3n) is 5.21. The summed E-state index contributed by atoms with van der Waals surface area (Å²) in [5.74, 6) is 2.37. The van der Waals surface area contributed by atoms with Crippen LogP contribution in [0.1, 0.15) is 5.56 Å². The van der Waals surface area contributed by atoms with Crippen molar-refractivity contribution < 1.29 is 18.1 Å². The second-order valence-electron chi connectivity index (χ2n) is 7.32. The van der Waals surface area contributed by atoms with Gasteiger partial charge in [0.05, 0.1) is 6.61 Å². The summed E-state index contributed by atoms with van der Waals surface area (Å²) in [6, 6.07) is 36.1. The second kappa shape index (κ2) is 10.6. The smallest absolute Gasteiger partial charge is 0.275 e. The van der Waals surface area contributed by atoms with E-state index in [1.807, 2.05) is 78.9 Å². The van der Waals surface area contributed by atoms with Gasteiger partial charge in [0.1, 0.15) is 17.2 Å². The third kappa shape index (κ3) is 5.26. The summed E-state index contributed by atoms with van der Waals surface area (Å²) in [7, 11) is -0.287. The maximum Gasteiger partial charge on any atom is 0.275 e. The van der Waals surface area contributed by atoms with Gasteiger partial charge in [-0.05, 0) is 29.0 Å². The topological polar surface area (TPSA) is 36.9 Å². The first-order valence-electron chi connectivity index (χ1n) is 10.5. The minimum atomic E-state index is -0.166. The van der Waals surface area contributed by atoms with Gasteiger partial charge in [-0.1, -0.05) is 91.0 Å². The van der Waals surface area contributed by atoms with Crippen LogP contribution >= 0.6 is 18.1 Å². The lowest BCUT2D eigenvalue weighted by Gasteiger charge is -2.13. The molecule has 0 aromatic heterocycles. The van der Waals surface area contributed by atoms with Crippen molar-refractivity contribution in [2.24, 2.45) is 0 Å². The maximum absolute atomic E-state index is 5.95. The van der Waals surface area contributed by atoms with Crippen LogP contribution in [0.5, 0.6) is 17.2 Å². The first-order chi connectivity index (χ1) is 16.4. The molecular weight excluding hydrogens is 450 g/mol. The van der Waals surface area contributed by atoms with Gasteiger partial charge in [-0.25, -0.2) is 0 Å². The van der Waals surface area contributed by atoms with Crippen molar-refractivity contribution >= 4 is 39.6 Å². The Labute approximate surface area is 196 Å². The van der Waals surface area contributed by atoms with Crippen LogP contribution in [-0.2, 0) is 11.1 Å². The van der Waals surface area contributed by atoms with Crippen LogP contribution in [0.4, 0.5) is 0 Å². The number of benzene rings is 5. The molecule has 0 bridgehead atoms. The molecule has 0 N–H and O–H groups in total. The monoisotopic (exact) mass is 472 g/mol. The van der Waals surface area contributed by atoms with Crippen molar-refractivity contribution in [3.63, 3.8) is 0 Å². The molecule has 0 radical (unpaired) electrons. The molecule has 5 aromatic rings. The zero-order valence-corrected chi connectivity index (χ0v) is 19.7. The molecule has 2 unspecified atom stereocenters. The average Bonchev–Trinajstić information content (AvgIpc) is 2.87. The predicted octanol–water partition coefficient (Wildman–Crippen LogP) is 8.06. The van der Waals surface area contributed by atoms with E-state index >= 15 is 0 Å². The van der Waals surface area contributed by atoms with Crippen LogP contribution in [0.3, 0.4) is 0 Å². The first-order valence-corrected chi connectivity index (χ1v) is 12.2. The van der Waals surface area contributed by atoms with Crippen molar-refractivity contribution in [3.8, 4) is 17.2 Å². The molecular formula is C27H22O4P2. The molecule has 33 heavy (non-hydrogen) atoms. The Morgan fingerprint density at radius 1 is 0.455 bits per heavy atom. The van der Waals surface area contributed by atoms with E-state index in [0.29, 0.717) is 6.61 Å². The summed E-state index contributed by atoms with van der Waals surface area (Å²) in [4.78, 5) is 0. The number of hydrogen-bond donors (Lipinski definition) is 0. The van der Waals surface area contributed by atoms with Crippen LogP contribution in [0.15, 0.2) is 109 Å². The fourth-order valence-electron chi connectivity index (χ4n) is 3.58. The normalized spacial score (nSPS) is 11.6. The molecule has 0 aliphatic carbocycles. The van der Waals surface area contributed by atoms with Crippen LogP contribution in [0.2, 0.25) is 0 Å². The lowest BCUT2D eigenvalue weighted by atomic mass is 10.1. The quantitative estimate of drug-likeness (QED) is 0.161. The highest BCUT2D eigenvalue weighted by atomic mass is 31.1. The van der Waals surface area contributed by atoms with E-state index in [2.05, 4.69) is 30.3 Å². The summed E-state index contributed by atoms with van der Waals surface area (Å²) in [5.41, 5.74) is 0.945. The van der Waals surface area contributed by atoms with Gasteiger partial charge in [-0.2, -0.15) is 0 Å². The molecule has 164 valence electrons. The molecule has 2 atom stereocenters. The summed E-state index contributed by atoms with van der Waals surface area (Å²) in [6.45, 7) is 0.387. The fraction of sp³-hybridized carbons (Fsp3) is 0.0370. The van der Waals surface area contributed by atoms with E-state index < -0.39 is 0 Å². The number of fused-ring (bicyclic) bond motifs is 2. The summed E-state index contributed by atoms with van der Waals surface area (Å²) in [6.07, 6.45) is 0. The van der Waals surface area contributed by atoms with Gasteiger partial charge in [-0.3, -0.25) is 0 Å². The zero-order valence-electron chi connectivity index (χ0n) is 17.7. The second-order valence-corrected chi connectivity index (χ2v) is 8.56. The van der Waals surface area contributed by atoms with Crippen molar-refractivity contribution in [1.82, 2.24) is 0 Å². The minimum absolute atomic E-state index is 0.121. The van der Waals surface area contributed by atoms with Crippen LogP contribution in [-0.4, -0.2) is 0 Å². The van der Waals surface area contributed by atoms with E-state index in [0.717, 1.165) is 44.4 Å². The first kappa shape index (κ1) is 21.7. The number of rotatable bonds is 9. The lowest BCUT2D eigenvalue weighted by Crippen LogP contribution is -1.93. The molecule has 5 aromatic carbocycles. The van der Waals surface area contributed by atoms with Crippen molar-refractivity contribution in [2.45, 2.75) is 6.61 Å². The Morgan fingerprint density at radius 2 is 0.939 bits per heavy atom. The van der Waals surface area contributed by atoms with Gasteiger partial charge >= 0.3 is 0 Å². The van der Waals surface area contributed by atoms with E-state index in [4.69, 9.17) is 18.1 Å². The summed E-state index contributed by atoms with van der Waals surface area (Å²) >= 11 is 0. The van der Waals surface area contributed by atoms with Crippen molar-refractivity contribution in [2.75, 3.05) is 0 Å². The molecule has 6 heteroatoms. The van der Waals surface area contributed by atoms with Gasteiger partial charge in [0.15, 0.2) is 0 Å². The van der Waals surface area contributed by atoms with E-state index in [1.54, 1.807) is 0 Å². The zero-order chi connectivity index (χ0) is 22.3. The van der Waals surface area contributed by atoms with Crippen LogP contribution in [0, 0.1) is 0 Å². The molecule has 0 saturated carbocycles. The lowest BCUT2D eigenvalue weighted by molar-refractivity contribution is 0.316. The Hall–Kier alpha value is -3.16. The molecule has 0 saturated heterocycles. The number of hydrogen-bond acceptors (Lipinski definition) is 4. The molecule has 0 amide bonds. The maximum atomic E-state index is 5.95. The molecule has 0 fully saturated rings. The standard InChI is InChI=1S/C27H22O4P2/c1-4-14-23-20(9-1)12-7-17-26(23)30-32-28-19-22-11-3-6-16-25(22)29-33-31-27-18-8-13-21-10-2-5-15-24(21)27/h1-18,32-33H,19H2. The molecule has 0 aliphatic rings. The highest BCUT2D eigenvalue weighted by molar-refractivity contribution is 7.27. The van der Waals surface area contributed by atoms with Crippen LogP contribution in [0.25, 0.3) is 21.5 Å². The van der Waals surface area contributed by atoms with Crippen LogP contribution < -0.4 is 13.6 Å². The molecule has 0 heterocycles. The summed E-state index contributed by atoms with van der Waals surface area (Å²) < 4.78 is 23.6. The van der Waals surface area contributed by atoms with Gasteiger partial charge in [0.25, 0.3) is 9.03 Å². The third-order valence-corrected chi connectivity index (χ3v) is 6.39. The van der Waals surface area contributed by atoms with Gasteiger partial charge < -0.3 is 18.1 Å². The van der Waals surface area contributed by atoms with Crippen molar-refractivity contribution in [3.05, 3.63) is 115 Å². The highest BCUT2D eigenvalue weighted by Crippen LogP contribution is 2.34. The molecule has 5 rings (SSSR count). The van der Waals surface area contributed by atoms with Gasteiger partial charge in [0.2, 0.25) is 9.03 Å². The fourth-order valence-corrected chi connectivity index (χ4v) is 4.72. The average molecular weight is 472 g/mol. The predicted molar refractivity (Wildman–Crippen MR) is 138 cm³/mol. The highest BCUT2D eigenvalue weighted by Gasteiger charge is 2.07. The van der Waals surface area contributed by atoms with Crippen molar-refractivity contribution in [1.29, 1.82) is 0 Å². The molecule has 0 aliphatic heterocycles. The minimum Gasteiger partial charge on any atom is -0.449 e. The Morgan fingerprint density at radius 3 is 1.64 bits per heavy atom. The Bertz CT molecular complexity index is 1360. The van der Waals surface area contributed by atoms with Gasteiger partial charge in [-0.15, -0.1) is 0 Å². The number of para-hydroxylation sites is 1. The SMILES string of the molecule is c1ccc(OPOc2cccc3ccccc23)c(COPOc2cccc3ccccc23)c1. The van der Waals surface area contributed by atoms with E-state index in [-0.39, 0.29) is 18.1 Å². The molecule has 0 spiro atoms. The van der Waals surface area contributed by atoms with E-state index in [9.17, 15) is 0 Å². The largest absolute Gasteiger partial charge is 0.449 e. The Balaban J connectivity index is 1.17. The van der Waals surface area contributed by atoms with Gasteiger partial charge in [0, 0.05) is 16.3 Å².